The van der Waals surface area contributed by atoms with Gasteiger partial charge in [0.15, 0.2) is 0 Å². The summed E-state index contributed by atoms with van der Waals surface area (Å²) in [6.07, 6.45) is 6.72. The number of rotatable bonds is 11. The summed E-state index contributed by atoms with van der Waals surface area (Å²) in [4.78, 5) is 67.7. The molecule has 2 N–H and O–H groups in total. The number of carbonyl (C=O) groups is 5. The first-order chi connectivity index (χ1) is 24.1. The molecule has 17 unspecified atom stereocenters. The molecule has 51 heavy (non-hydrogen) atoms. The lowest BCUT2D eigenvalue weighted by Gasteiger charge is -2.46. The van der Waals surface area contributed by atoms with E-state index in [1.807, 2.05) is 41.5 Å². The van der Waals surface area contributed by atoms with E-state index in [1.54, 1.807) is 0 Å². The van der Waals surface area contributed by atoms with Crippen LogP contribution in [-0.2, 0) is 38.2 Å². The maximum absolute atomic E-state index is 13.9. The van der Waals surface area contributed by atoms with E-state index in [0.29, 0.717) is 48.9 Å². The van der Waals surface area contributed by atoms with Gasteiger partial charge in [-0.25, -0.2) is 0 Å². The lowest BCUT2D eigenvalue weighted by Crippen LogP contribution is -2.49. The molecule has 1 saturated heterocycles. The molecular formula is C41H60O10. The summed E-state index contributed by atoms with van der Waals surface area (Å²) in [6.45, 7) is 13.8. The van der Waals surface area contributed by atoms with Gasteiger partial charge in [-0.05, 0) is 143 Å². The predicted molar refractivity (Wildman–Crippen MR) is 184 cm³/mol. The average Bonchev–Trinajstić information content (AvgIpc) is 3.93. The molecule has 1 heterocycles. The van der Waals surface area contributed by atoms with Crippen molar-refractivity contribution in [2.75, 3.05) is 13.2 Å². The molecule has 7 rings (SSSR count). The molecule has 0 aromatic heterocycles. The van der Waals surface area contributed by atoms with Crippen molar-refractivity contribution in [1.29, 1.82) is 0 Å². The minimum absolute atomic E-state index is 0.00969. The number of hydrogen-bond acceptors (Lipinski definition) is 9. The maximum Gasteiger partial charge on any atom is 0.317 e. The summed E-state index contributed by atoms with van der Waals surface area (Å²) >= 11 is 0. The first kappa shape index (κ1) is 36.9. The number of ether oxygens (including phenoxy) is 3. The number of aliphatic hydroxyl groups is 1. The van der Waals surface area contributed by atoms with E-state index in [4.69, 9.17) is 14.2 Å². The van der Waals surface area contributed by atoms with Crippen LogP contribution in [0.1, 0.15) is 99.8 Å². The van der Waals surface area contributed by atoms with Crippen LogP contribution in [0.3, 0.4) is 0 Å². The van der Waals surface area contributed by atoms with Crippen molar-refractivity contribution in [1.82, 2.24) is 0 Å². The smallest absolute Gasteiger partial charge is 0.317 e. The van der Waals surface area contributed by atoms with Crippen LogP contribution in [0, 0.1) is 106 Å². The molecule has 6 saturated carbocycles. The quantitative estimate of drug-likeness (QED) is 0.153. The highest BCUT2D eigenvalue weighted by Crippen LogP contribution is 2.69. The van der Waals surface area contributed by atoms with Crippen molar-refractivity contribution < 1.29 is 48.4 Å². The van der Waals surface area contributed by atoms with Gasteiger partial charge in [0, 0.05) is 5.41 Å². The van der Waals surface area contributed by atoms with Crippen LogP contribution < -0.4 is 0 Å². The molecular weight excluding hydrogens is 652 g/mol. The van der Waals surface area contributed by atoms with Gasteiger partial charge in [-0.3, -0.25) is 24.0 Å². The number of cyclic esters (lactones) is 2. The molecule has 6 aliphatic carbocycles. The Morgan fingerprint density at radius 1 is 0.745 bits per heavy atom. The number of carboxylic acids is 1. The fraction of sp³-hybridized carbons (Fsp3) is 0.878. The Labute approximate surface area is 302 Å². The third-order valence-electron chi connectivity index (χ3n) is 16.2. The van der Waals surface area contributed by atoms with Crippen LogP contribution in [-0.4, -0.2) is 58.9 Å². The molecule has 0 aromatic rings. The number of carboxylic acid groups (broad SMARTS) is 1. The summed E-state index contributed by atoms with van der Waals surface area (Å²) in [5.41, 5.74) is -1.10. The Morgan fingerprint density at radius 2 is 1.35 bits per heavy atom. The molecule has 7 fully saturated rings. The minimum atomic E-state index is -1.07. The number of aliphatic hydroxyl groups excluding tert-OH is 1. The molecule has 10 nitrogen and oxygen atoms in total. The molecule has 7 aliphatic rings. The van der Waals surface area contributed by atoms with E-state index in [1.165, 1.54) is 0 Å². The van der Waals surface area contributed by atoms with Crippen LogP contribution in [0.5, 0.6) is 0 Å². The number of fused-ring (bicyclic) bond motifs is 6. The Balaban J connectivity index is 1.14. The van der Waals surface area contributed by atoms with Crippen molar-refractivity contribution >= 4 is 29.8 Å². The first-order valence-corrected chi connectivity index (χ1v) is 20.0. The van der Waals surface area contributed by atoms with Crippen molar-refractivity contribution in [3.05, 3.63) is 0 Å². The van der Waals surface area contributed by atoms with E-state index in [-0.39, 0.29) is 60.6 Å². The van der Waals surface area contributed by atoms with Crippen LogP contribution in [0.4, 0.5) is 0 Å². The summed E-state index contributed by atoms with van der Waals surface area (Å²) in [5.74, 6) is -4.91. The minimum Gasteiger partial charge on any atom is -0.481 e. The fourth-order valence-corrected chi connectivity index (χ4v) is 13.9. The average molecular weight is 713 g/mol. The van der Waals surface area contributed by atoms with Gasteiger partial charge in [0.25, 0.3) is 0 Å². The zero-order valence-electron chi connectivity index (χ0n) is 31.5. The first-order valence-electron chi connectivity index (χ1n) is 20.0. The van der Waals surface area contributed by atoms with E-state index >= 15 is 0 Å². The lowest BCUT2D eigenvalue weighted by molar-refractivity contribution is -0.168. The second-order valence-corrected chi connectivity index (χ2v) is 19.1. The third-order valence-corrected chi connectivity index (χ3v) is 16.2. The van der Waals surface area contributed by atoms with Crippen molar-refractivity contribution in [3.8, 4) is 0 Å². The summed E-state index contributed by atoms with van der Waals surface area (Å²) in [6, 6.07) is 0. The molecule has 0 spiro atoms. The van der Waals surface area contributed by atoms with E-state index in [9.17, 15) is 34.2 Å². The van der Waals surface area contributed by atoms with E-state index in [2.05, 4.69) is 6.92 Å². The number of carbonyl (C=O) groups excluding carboxylic acids is 4. The van der Waals surface area contributed by atoms with Gasteiger partial charge in [-0.15, -0.1) is 0 Å². The zero-order chi connectivity index (χ0) is 36.9. The monoisotopic (exact) mass is 712 g/mol. The van der Waals surface area contributed by atoms with Crippen molar-refractivity contribution in [2.24, 2.45) is 106 Å². The van der Waals surface area contributed by atoms with Gasteiger partial charge in [-0.1, -0.05) is 27.7 Å². The number of hydrogen-bond donors (Lipinski definition) is 2. The standard InChI is InChI=1S/C41H60O10/c1-8-41(9-2,16-42)17-49-37(46)32-24-15-26(31(32)35(43)44)28(19(24)4)33-34(39(48)50-38(33)47)30-21-11-10-20(12-21)29(30)27-18(3)23-13-22(27)14-25(23)36(45)51-40(5,6)7/h18-34,42H,8-17H2,1-7H3,(H,43,44). The van der Waals surface area contributed by atoms with Gasteiger partial charge in [-0.2, -0.15) is 0 Å². The summed E-state index contributed by atoms with van der Waals surface area (Å²) < 4.78 is 17.2. The maximum atomic E-state index is 13.9. The highest BCUT2D eigenvalue weighted by atomic mass is 16.6. The summed E-state index contributed by atoms with van der Waals surface area (Å²) in [5, 5.41) is 20.6. The Hall–Kier alpha value is -2.49. The van der Waals surface area contributed by atoms with Gasteiger partial charge >= 0.3 is 29.8 Å². The van der Waals surface area contributed by atoms with Gasteiger partial charge in [0.1, 0.15) is 5.60 Å². The van der Waals surface area contributed by atoms with Gasteiger partial charge < -0.3 is 24.4 Å². The molecule has 0 radical (unpaired) electrons. The van der Waals surface area contributed by atoms with Crippen LogP contribution in [0.15, 0.2) is 0 Å². The van der Waals surface area contributed by atoms with Crippen molar-refractivity contribution in [3.63, 3.8) is 0 Å². The largest absolute Gasteiger partial charge is 0.481 e. The Kier molecular flexibility index (Phi) is 9.48. The molecule has 10 heteroatoms. The zero-order valence-corrected chi connectivity index (χ0v) is 31.5. The van der Waals surface area contributed by atoms with Crippen LogP contribution in [0.25, 0.3) is 0 Å². The normalized spacial score (nSPS) is 45.5. The molecule has 17 atom stereocenters. The van der Waals surface area contributed by atoms with E-state index < -0.39 is 64.5 Å². The fourth-order valence-electron chi connectivity index (χ4n) is 13.9. The van der Waals surface area contributed by atoms with Crippen LogP contribution in [0.2, 0.25) is 0 Å². The molecule has 0 aromatic carbocycles. The Bertz CT molecular complexity index is 1420. The van der Waals surface area contributed by atoms with Crippen molar-refractivity contribution in [2.45, 2.75) is 105 Å². The Morgan fingerprint density at radius 3 is 1.92 bits per heavy atom. The molecule has 0 amide bonds. The predicted octanol–water partition coefficient (Wildman–Crippen LogP) is 5.78. The second-order valence-electron chi connectivity index (χ2n) is 19.1. The third kappa shape index (κ3) is 5.78. The van der Waals surface area contributed by atoms with Gasteiger partial charge in [0.05, 0.1) is 42.8 Å². The number of aliphatic carboxylic acids is 1. The molecule has 6 bridgehead atoms. The van der Waals surface area contributed by atoms with Crippen LogP contribution >= 0.6 is 0 Å². The highest BCUT2D eigenvalue weighted by molar-refractivity contribution is 5.97. The topological polar surface area (TPSA) is 154 Å². The van der Waals surface area contributed by atoms with E-state index in [0.717, 1.165) is 32.1 Å². The summed E-state index contributed by atoms with van der Waals surface area (Å²) in [7, 11) is 0. The lowest BCUT2D eigenvalue weighted by atomic mass is 9.56. The highest BCUT2D eigenvalue weighted by Gasteiger charge is 2.70. The molecule has 1 aliphatic heterocycles. The SMILES string of the molecule is CCC(CC)(CO)COC(=O)C1C2CC(C1C(=O)O)C(C1C(=O)OC(=O)C1C1C3CCC(C3)C1C1C3CC(C(=O)OC(C)(C)C)C(C3)C1C)C2C. The molecule has 284 valence electrons. The van der Waals surface area contributed by atoms with Gasteiger partial charge in [0.2, 0.25) is 0 Å². The second kappa shape index (κ2) is 13.1. The number of esters is 4.